The molecule has 7 heteroatoms. The van der Waals surface area contributed by atoms with Gasteiger partial charge in [-0.15, -0.1) is 0 Å². The van der Waals surface area contributed by atoms with Crippen molar-refractivity contribution in [2.24, 2.45) is 0 Å². The lowest BCUT2D eigenvalue weighted by Gasteiger charge is -2.08. The van der Waals surface area contributed by atoms with Gasteiger partial charge in [-0.05, 0) is 30.2 Å². The zero-order chi connectivity index (χ0) is 17.1. The minimum atomic E-state index is -1.14. The molecule has 0 saturated heterocycles. The standard InChI is InChI=1S/C16H14F2N2O3/c1-8(2)15-10(16(22)23)7-19-13(20-15)6-3-9-11(17)4-5-12(21)14(9)18/h3-8,21H,1-2H3,(H,22,23)/b6-3+. The number of carboxylic acids is 1. The van der Waals surface area contributed by atoms with Crippen molar-refractivity contribution in [3.05, 3.63) is 52.6 Å². The Bertz CT molecular complexity index is 789. The van der Waals surface area contributed by atoms with Crippen LogP contribution in [-0.2, 0) is 0 Å². The van der Waals surface area contributed by atoms with E-state index >= 15 is 0 Å². The summed E-state index contributed by atoms with van der Waals surface area (Å²) in [7, 11) is 0. The summed E-state index contributed by atoms with van der Waals surface area (Å²) in [6.45, 7) is 3.55. The fourth-order valence-corrected chi connectivity index (χ4v) is 1.96. The summed E-state index contributed by atoms with van der Waals surface area (Å²) >= 11 is 0. The van der Waals surface area contributed by atoms with Gasteiger partial charge in [-0.1, -0.05) is 13.8 Å². The summed E-state index contributed by atoms with van der Waals surface area (Å²) in [5, 5.41) is 18.4. The number of carboxylic acid groups (broad SMARTS) is 1. The molecule has 0 aliphatic carbocycles. The summed E-state index contributed by atoms with van der Waals surface area (Å²) in [5.74, 6) is -3.80. The number of benzene rings is 1. The predicted molar refractivity (Wildman–Crippen MR) is 80.0 cm³/mol. The van der Waals surface area contributed by atoms with Crippen molar-refractivity contribution in [1.29, 1.82) is 0 Å². The number of hydrogen-bond acceptors (Lipinski definition) is 4. The molecule has 120 valence electrons. The highest BCUT2D eigenvalue weighted by Gasteiger charge is 2.16. The van der Waals surface area contributed by atoms with Gasteiger partial charge in [0, 0.05) is 11.8 Å². The molecular weight excluding hydrogens is 306 g/mol. The number of rotatable bonds is 4. The van der Waals surface area contributed by atoms with Crippen LogP contribution in [0.1, 0.15) is 47.2 Å². The van der Waals surface area contributed by atoms with E-state index in [1.165, 1.54) is 6.08 Å². The average molecular weight is 320 g/mol. The monoisotopic (exact) mass is 320 g/mol. The van der Waals surface area contributed by atoms with E-state index in [1.807, 2.05) is 0 Å². The van der Waals surface area contributed by atoms with Crippen molar-refractivity contribution in [3.8, 4) is 5.75 Å². The third-order valence-electron chi connectivity index (χ3n) is 3.12. The normalized spacial score (nSPS) is 11.3. The van der Waals surface area contributed by atoms with E-state index in [9.17, 15) is 18.7 Å². The highest BCUT2D eigenvalue weighted by Crippen LogP contribution is 2.24. The number of aromatic nitrogens is 2. The van der Waals surface area contributed by atoms with Crippen molar-refractivity contribution in [2.45, 2.75) is 19.8 Å². The van der Waals surface area contributed by atoms with E-state index in [-0.39, 0.29) is 17.3 Å². The van der Waals surface area contributed by atoms with Crippen LogP contribution in [0.25, 0.3) is 12.2 Å². The molecule has 2 N–H and O–H groups in total. The quantitative estimate of drug-likeness (QED) is 0.901. The fraction of sp³-hybridized carbons (Fsp3) is 0.188. The Hall–Kier alpha value is -2.83. The Labute approximate surface area is 131 Å². The molecule has 1 aromatic carbocycles. The van der Waals surface area contributed by atoms with Crippen molar-refractivity contribution in [2.75, 3.05) is 0 Å². The van der Waals surface area contributed by atoms with E-state index < -0.39 is 28.9 Å². The van der Waals surface area contributed by atoms with Gasteiger partial charge in [0.2, 0.25) is 0 Å². The first-order valence-electron chi connectivity index (χ1n) is 6.76. The fourth-order valence-electron chi connectivity index (χ4n) is 1.96. The smallest absolute Gasteiger partial charge is 0.339 e. The van der Waals surface area contributed by atoms with Crippen LogP contribution in [0.5, 0.6) is 5.75 Å². The molecule has 0 radical (unpaired) electrons. The lowest BCUT2D eigenvalue weighted by molar-refractivity contribution is 0.0694. The molecule has 2 aromatic rings. The molecule has 0 amide bonds. The third kappa shape index (κ3) is 3.50. The topological polar surface area (TPSA) is 83.3 Å². The zero-order valence-corrected chi connectivity index (χ0v) is 12.4. The largest absolute Gasteiger partial charge is 0.505 e. The maximum Gasteiger partial charge on any atom is 0.339 e. The number of aromatic hydroxyl groups is 1. The minimum absolute atomic E-state index is 0.0214. The minimum Gasteiger partial charge on any atom is -0.505 e. The van der Waals surface area contributed by atoms with Crippen molar-refractivity contribution < 1.29 is 23.8 Å². The van der Waals surface area contributed by atoms with Gasteiger partial charge in [0.15, 0.2) is 17.4 Å². The number of nitrogens with zero attached hydrogens (tertiary/aromatic N) is 2. The highest BCUT2D eigenvalue weighted by atomic mass is 19.1. The van der Waals surface area contributed by atoms with Crippen LogP contribution < -0.4 is 0 Å². The second kappa shape index (κ2) is 6.51. The molecule has 0 fully saturated rings. The van der Waals surface area contributed by atoms with E-state index in [0.29, 0.717) is 5.69 Å². The number of phenolic OH excluding ortho intramolecular Hbond substituents is 1. The first kappa shape index (κ1) is 16.5. The summed E-state index contributed by atoms with van der Waals surface area (Å²) in [4.78, 5) is 19.1. The molecular formula is C16H14F2N2O3. The lowest BCUT2D eigenvalue weighted by Crippen LogP contribution is -2.08. The lowest BCUT2D eigenvalue weighted by atomic mass is 10.1. The number of halogens is 2. The van der Waals surface area contributed by atoms with Crippen LogP contribution in [0.15, 0.2) is 18.3 Å². The highest BCUT2D eigenvalue weighted by molar-refractivity contribution is 5.88. The summed E-state index contributed by atoms with van der Waals surface area (Å²) in [6.07, 6.45) is 3.49. The predicted octanol–water partition coefficient (Wildman–Crippen LogP) is 3.45. The first-order valence-corrected chi connectivity index (χ1v) is 6.76. The van der Waals surface area contributed by atoms with Gasteiger partial charge in [-0.3, -0.25) is 0 Å². The second-order valence-corrected chi connectivity index (χ2v) is 5.11. The van der Waals surface area contributed by atoms with Crippen molar-refractivity contribution in [1.82, 2.24) is 9.97 Å². The molecule has 0 atom stereocenters. The SMILES string of the molecule is CC(C)c1nc(/C=C/c2c(F)ccc(O)c2F)ncc1C(=O)O. The van der Waals surface area contributed by atoms with E-state index in [1.54, 1.807) is 13.8 Å². The maximum atomic E-state index is 13.7. The Morgan fingerprint density at radius 3 is 2.57 bits per heavy atom. The summed E-state index contributed by atoms with van der Waals surface area (Å²) < 4.78 is 27.3. The molecule has 5 nitrogen and oxygen atoms in total. The Morgan fingerprint density at radius 1 is 1.26 bits per heavy atom. The Kier molecular flexibility index (Phi) is 4.68. The molecule has 1 aromatic heterocycles. The molecule has 0 unspecified atom stereocenters. The molecule has 0 aliphatic heterocycles. The number of carbonyl (C=O) groups is 1. The van der Waals surface area contributed by atoms with Gasteiger partial charge >= 0.3 is 5.97 Å². The summed E-state index contributed by atoms with van der Waals surface area (Å²) in [5.41, 5.74) is -0.127. The van der Waals surface area contributed by atoms with Crippen LogP contribution in [0.2, 0.25) is 0 Å². The molecule has 0 spiro atoms. The van der Waals surface area contributed by atoms with Gasteiger partial charge in [0.05, 0.1) is 11.3 Å². The van der Waals surface area contributed by atoms with Crippen LogP contribution in [0.4, 0.5) is 8.78 Å². The number of hydrogen-bond donors (Lipinski definition) is 2. The first-order chi connectivity index (χ1) is 10.8. The molecule has 0 saturated carbocycles. The Morgan fingerprint density at radius 2 is 1.96 bits per heavy atom. The van der Waals surface area contributed by atoms with E-state index in [2.05, 4.69) is 9.97 Å². The number of aromatic carboxylic acids is 1. The molecule has 0 bridgehead atoms. The van der Waals surface area contributed by atoms with E-state index in [0.717, 1.165) is 24.4 Å². The van der Waals surface area contributed by atoms with Gasteiger partial charge in [-0.2, -0.15) is 0 Å². The van der Waals surface area contributed by atoms with Crippen LogP contribution in [0, 0.1) is 11.6 Å². The van der Waals surface area contributed by atoms with Crippen LogP contribution in [0.3, 0.4) is 0 Å². The van der Waals surface area contributed by atoms with Gasteiger partial charge in [0.1, 0.15) is 5.82 Å². The average Bonchev–Trinajstić information content (AvgIpc) is 2.50. The van der Waals surface area contributed by atoms with E-state index in [4.69, 9.17) is 5.11 Å². The number of phenols is 1. The van der Waals surface area contributed by atoms with Crippen molar-refractivity contribution in [3.63, 3.8) is 0 Å². The molecule has 0 aliphatic rings. The van der Waals surface area contributed by atoms with Crippen LogP contribution in [-0.4, -0.2) is 26.2 Å². The van der Waals surface area contributed by atoms with Gasteiger partial charge < -0.3 is 10.2 Å². The second-order valence-electron chi connectivity index (χ2n) is 5.11. The molecule has 2 rings (SSSR count). The molecule has 1 heterocycles. The maximum absolute atomic E-state index is 13.7. The third-order valence-corrected chi connectivity index (χ3v) is 3.12. The molecule has 23 heavy (non-hydrogen) atoms. The van der Waals surface area contributed by atoms with Gasteiger partial charge in [0.25, 0.3) is 0 Å². The summed E-state index contributed by atoms with van der Waals surface area (Å²) in [6, 6.07) is 1.85. The zero-order valence-electron chi connectivity index (χ0n) is 12.4. The van der Waals surface area contributed by atoms with Crippen LogP contribution >= 0.6 is 0 Å². The Balaban J connectivity index is 2.43. The van der Waals surface area contributed by atoms with Gasteiger partial charge in [-0.25, -0.2) is 23.5 Å². The van der Waals surface area contributed by atoms with Crippen molar-refractivity contribution >= 4 is 18.1 Å².